The summed E-state index contributed by atoms with van der Waals surface area (Å²) in [5, 5.41) is 0. The van der Waals surface area contributed by atoms with Crippen molar-refractivity contribution in [2.24, 2.45) is 4.99 Å². The third-order valence-electron chi connectivity index (χ3n) is 5.33. The molecule has 0 radical (unpaired) electrons. The molecule has 0 atom stereocenters. The first-order valence-corrected chi connectivity index (χ1v) is 10.8. The highest BCUT2D eigenvalue weighted by Crippen LogP contribution is 2.30. The lowest BCUT2D eigenvalue weighted by Gasteiger charge is -2.19. The van der Waals surface area contributed by atoms with Gasteiger partial charge in [-0.2, -0.15) is 0 Å². The van der Waals surface area contributed by atoms with Gasteiger partial charge < -0.3 is 14.4 Å². The van der Waals surface area contributed by atoms with Crippen LogP contribution in [0.3, 0.4) is 0 Å². The fraction of sp³-hybridized carbons (Fsp3) is 0.185. The summed E-state index contributed by atoms with van der Waals surface area (Å²) in [5.74, 6) is 1.89. The zero-order chi connectivity index (χ0) is 23.4. The summed E-state index contributed by atoms with van der Waals surface area (Å²) < 4.78 is 10.8. The Bertz CT molecular complexity index is 1180. The van der Waals surface area contributed by atoms with Gasteiger partial charge in [-0.05, 0) is 79.2 Å². The van der Waals surface area contributed by atoms with Crippen LogP contribution in [0.1, 0.15) is 18.1 Å². The van der Waals surface area contributed by atoms with Crippen molar-refractivity contribution in [2.45, 2.75) is 6.92 Å². The monoisotopic (exact) mass is 441 g/mol. The van der Waals surface area contributed by atoms with E-state index in [1.54, 1.807) is 12.0 Å². The van der Waals surface area contributed by atoms with Crippen molar-refractivity contribution in [1.29, 1.82) is 0 Å². The second-order valence-corrected chi connectivity index (χ2v) is 7.75. The summed E-state index contributed by atoms with van der Waals surface area (Å²) in [5.41, 5.74) is 3.93. The molecule has 1 aliphatic heterocycles. The Hall–Kier alpha value is -4.06. The molecule has 1 aliphatic rings. The van der Waals surface area contributed by atoms with E-state index in [0.29, 0.717) is 18.1 Å². The molecule has 33 heavy (non-hydrogen) atoms. The molecule has 6 nitrogen and oxygen atoms in total. The molecule has 0 aromatic heterocycles. The van der Waals surface area contributed by atoms with Gasteiger partial charge in [-0.3, -0.25) is 9.69 Å². The van der Waals surface area contributed by atoms with Crippen molar-refractivity contribution in [1.82, 2.24) is 0 Å². The molecular weight excluding hydrogens is 414 g/mol. The maximum absolute atomic E-state index is 13.5. The molecule has 0 saturated heterocycles. The summed E-state index contributed by atoms with van der Waals surface area (Å²) in [6.45, 7) is 2.52. The Morgan fingerprint density at radius 1 is 0.909 bits per heavy atom. The molecule has 3 aromatic carbocycles. The Morgan fingerprint density at radius 3 is 2.12 bits per heavy atom. The highest BCUT2D eigenvalue weighted by Gasteiger charge is 2.32. The zero-order valence-corrected chi connectivity index (χ0v) is 19.3. The van der Waals surface area contributed by atoms with Gasteiger partial charge in [-0.25, -0.2) is 4.99 Å². The number of nitrogens with zero attached hydrogens (tertiary/aromatic N) is 3. The Morgan fingerprint density at radius 2 is 1.55 bits per heavy atom. The normalized spacial score (nSPS) is 14.4. The lowest BCUT2D eigenvalue weighted by atomic mass is 10.1. The zero-order valence-electron chi connectivity index (χ0n) is 19.3. The molecule has 1 heterocycles. The number of rotatable bonds is 7. The molecule has 0 aliphatic carbocycles. The van der Waals surface area contributed by atoms with E-state index in [2.05, 4.69) is 0 Å². The molecule has 6 heteroatoms. The summed E-state index contributed by atoms with van der Waals surface area (Å²) in [7, 11) is 5.61. The Balaban J connectivity index is 1.74. The highest BCUT2D eigenvalue weighted by atomic mass is 16.5. The van der Waals surface area contributed by atoms with Gasteiger partial charge in [0, 0.05) is 25.3 Å². The molecule has 168 valence electrons. The van der Waals surface area contributed by atoms with Gasteiger partial charge in [0.15, 0.2) is 0 Å². The first-order valence-electron chi connectivity index (χ1n) is 10.8. The third-order valence-corrected chi connectivity index (χ3v) is 5.33. The first-order chi connectivity index (χ1) is 16.0. The van der Waals surface area contributed by atoms with Gasteiger partial charge in [-0.1, -0.05) is 12.1 Å². The van der Waals surface area contributed by atoms with Crippen LogP contribution in [0.25, 0.3) is 6.08 Å². The van der Waals surface area contributed by atoms with Crippen molar-refractivity contribution in [2.75, 3.05) is 37.6 Å². The van der Waals surface area contributed by atoms with E-state index in [1.165, 1.54) is 0 Å². The molecule has 0 fully saturated rings. The topological polar surface area (TPSA) is 54.4 Å². The average molecular weight is 442 g/mol. The van der Waals surface area contributed by atoms with Crippen LogP contribution in [0.4, 0.5) is 11.4 Å². The minimum atomic E-state index is -0.179. The van der Waals surface area contributed by atoms with Gasteiger partial charge in [0.05, 0.1) is 19.4 Å². The first kappa shape index (κ1) is 22.1. The number of hydrogen-bond acceptors (Lipinski definition) is 5. The smallest absolute Gasteiger partial charge is 0.282 e. The number of amidine groups is 1. The number of aliphatic imine (C=N–C) groups is 1. The molecule has 0 bridgehead atoms. The molecule has 1 amide bonds. The van der Waals surface area contributed by atoms with Crippen LogP contribution in [-0.2, 0) is 4.79 Å². The van der Waals surface area contributed by atoms with Gasteiger partial charge in [0.2, 0.25) is 0 Å². The fourth-order valence-electron chi connectivity index (χ4n) is 3.57. The number of benzene rings is 3. The standard InChI is InChI=1S/C27H27N3O3/c1-5-33-24-16-12-22(13-17-24)30-26(20-8-14-23(32-4)15-9-20)28-25(27(30)31)18-19-6-10-21(11-7-19)29(2)3/h6-18H,5H2,1-4H3/b25-18+. The maximum Gasteiger partial charge on any atom is 0.282 e. The highest BCUT2D eigenvalue weighted by molar-refractivity contribution is 6.33. The number of hydrogen-bond donors (Lipinski definition) is 0. The van der Waals surface area contributed by atoms with E-state index in [4.69, 9.17) is 14.5 Å². The van der Waals surface area contributed by atoms with Gasteiger partial charge in [-0.15, -0.1) is 0 Å². The van der Waals surface area contributed by atoms with Crippen LogP contribution in [-0.4, -0.2) is 39.6 Å². The van der Waals surface area contributed by atoms with E-state index < -0.39 is 0 Å². The van der Waals surface area contributed by atoms with Crippen LogP contribution in [0.15, 0.2) is 83.5 Å². The Kier molecular flexibility index (Phi) is 6.45. The SMILES string of the molecule is CCOc1ccc(N2C(=O)/C(=C\c3ccc(N(C)C)cc3)N=C2c2ccc(OC)cc2)cc1. The Labute approximate surface area is 194 Å². The molecule has 0 saturated carbocycles. The lowest BCUT2D eigenvalue weighted by Crippen LogP contribution is -2.32. The van der Waals surface area contributed by atoms with E-state index in [1.807, 2.05) is 105 Å². The van der Waals surface area contributed by atoms with Gasteiger partial charge >= 0.3 is 0 Å². The van der Waals surface area contributed by atoms with Crippen LogP contribution in [0.5, 0.6) is 11.5 Å². The number of anilines is 2. The molecule has 3 aromatic rings. The van der Waals surface area contributed by atoms with Crippen LogP contribution in [0.2, 0.25) is 0 Å². The molecular formula is C27H27N3O3. The molecule has 0 unspecified atom stereocenters. The van der Waals surface area contributed by atoms with Crippen LogP contribution < -0.4 is 19.3 Å². The van der Waals surface area contributed by atoms with E-state index in [9.17, 15) is 4.79 Å². The quantitative estimate of drug-likeness (QED) is 0.485. The molecule has 0 N–H and O–H groups in total. The molecule has 0 spiro atoms. The van der Waals surface area contributed by atoms with Crippen molar-refractivity contribution in [3.05, 3.63) is 89.6 Å². The summed E-state index contributed by atoms with van der Waals surface area (Å²) in [4.78, 5) is 21.9. The van der Waals surface area contributed by atoms with Gasteiger partial charge in [0.1, 0.15) is 23.0 Å². The van der Waals surface area contributed by atoms with E-state index in [-0.39, 0.29) is 5.91 Å². The van der Waals surface area contributed by atoms with Crippen LogP contribution >= 0.6 is 0 Å². The number of methoxy groups -OCH3 is 1. The average Bonchev–Trinajstić information content (AvgIpc) is 3.16. The number of ether oxygens (including phenoxy) is 2. The third kappa shape index (κ3) is 4.75. The van der Waals surface area contributed by atoms with Crippen molar-refractivity contribution < 1.29 is 14.3 Å². The number of amides is 1. The van der Waals surface area contributed by atoms with Crippen molar-refractivity contribution >= 4 is 29.2 Å². The van der Waals surface area contributed by atoms with Crippen LogP contribution in [0, 0.1) is 0 Å². The number of carbonyl (C=O) groups is 1. The minimum Gasteiger partial charge on any atom is -0.497 e. The van der Waals surface area contributed by atoms with Crippen molar-refractivity contribution in [3.63, 3.8) is 0 Å². The summed E-state index contributed by atoms with van der Waals surface area (Å²) >= 11 is 0. The molecule has 4 rings (SSSR count). The lowest BCUT2D eigenvalue weighted by molar-refractivity contribution is -0.113. The van der Waals surface area contributed by atoms with E-state index in [0.717, 1.165) is 34.0 Å². The van der Waals surface area contributed by atoms with E-state index >= 15 is 0 Å². The predicted octanol–water partition coefficient (Wildman–Crippen LogP) is 4.99. The summed E-state index contributed by atoms with van der Waals surface area (Å²) in [6.07, 6.45) is 1.82. The largest absolute Gasteiger partial charge is 0.497 e. The second-order valence-electron chi connectivity index (χ2n) is 7.75. The second kappa shape index (κ2) is 9.61. The fourth-order valence-corrected chi connectivity index (χ4v) is 3.57. The minimum absolute atomic E-state index is 0.179. The summed E-state index contributed by atoms with van der Waals surface area (Å²) in [6, 6.07) is 23.0. The van der Waals surface area contributed by atoms with Crippen molar-refractivity contribution in [3.8, 4) is 11.5 Å². The van der Waals surface area contributed by atoms with Gasteiger partial charge in [0.25, 0.3) is 5.91 Å². The maximum atomic E-state index is 13.5. The predicted molar refractivity (Wildman–Crippen MR) is 133 cm³/mol. The number of carbonyl (C=O) groups excluding carboxylic acids is 1.